The van der Waals surface area contributed by atoms with Crippen LogP contribution in [0.1, 0.15) is 0 Å². The molecule has 0 aromatic carbocycles. The van der Waals surface area contributed by atoms with Gasteiger partial charge in [0.05, 0.1) is 0 Å². The maximum atomic E-state index is 11.6. The quantitative estimate of drug-likeness (QED) is 0.508. The molecule has 0 aromatic heterocycles. The van der Waals surface area contributed by atoms with Crippen molar-refractivity contribution >= 4 is 0 Å². The highest BCUT2D eigenvalue weighted by molar-refractivity contribution is 4.71. The Labute approximate surface area is 46.9 Å². The molecule has 46 valence electrons. The van der Waals surface area contributed by atoms with Crippen LogP contribution in [0.15, 0.2) is 12.5 Å². The van der Waals surface area contributed by atoms with Crippen molar-refractivity contribution in [2.75, 3.05) is 13.3 Å². The van der Waals surface area contributed by atoms with Gasteiger partial charge in [-0.2, -0.15) is 0 Å². The number of hydrogen-bond donors (Lipinski definition) is 0. The van der Waals surface area contributed by atoms with E-state index in [0.717, 1.165) is 0 Å². The van der Waals surface area contributed by atoms with E-state index in [1.54, 1.807) is 0 Å². The maximum Gasteiger partial charge on any atom is 0.160 e. The summed E-state index contributed by atoms with van der Waals surface area (Å²) in [6.45, 7) is -0.155. The van der Waals surface area contributed by atoms with E-state index in [-0.39, 0.29) is 6.10 Å². The molecule has 3 heteroatoms. The van der Waals surface area contributed by atoms with Crippen molar-refractivity contribution in [3.8, 4) is 0 Å². The molecule has 1 aliphatic heterocycles. The van der Waals surface area contributed by atoms with Gasteiger partial charge in [-0.15, -0.1) is 0 Å². The Morgan fingerprint density at radius 3 is 2.88 bits per heavy atom. The molecule has 1 aliphatic rings. The summed E-state index contributed by atoms with van der Waals surface area (Å²) in [7, 11) is 0. The average molecular weight is 118 g/mol. The molecule has 0 aliphatic carbocycles. The Bertz CT molecular complexity index is 92.4. The molecule has 0 aromatic rings. The van der Waals surface area contributed by atoms with E-state index in [4.69, 9.17) is 9.47 Å². The van der Waals surface area contributed by atoms with Gasteiger partial charge in [-0.3, -0.25) is 0 Å². The SMILES string of the molecule is FCC1COC=CO1. The first kappa shape index (κ1) is 5.41. The summed E-state index contributed by atoms with van der Waals surface area (Å²) in [5.41, 5.74) is 0. The molecule has 1 atom stereocenters. The molecular weight excluding hydrogens is 111 g/mol. The zero-order valence-corrected chi connectivity index (χ0v) is 4.34. The van der Waals surface area contributed by atoms with Crippen molar-refractivity contribution in [1.29, 1.82) is 0 Å². The van der Waals surface area contributed by atoms with E-state index in [1.165, 1.54) is 12.5 Å². The lowest BCUT2D eigenvalue weighted by atomic mass is 10.4. The maximum absolute atomic E-state index is 11.6. The van der Waals surface area contributed by atoms with E-state index in [0.29, 0.717) is 6.61 Å². The van der Waals surface area contributed by atoms with Crippen molar-refractivity contribution in [2.24, 2.45) is 0 Å². The van der Waals surface area contributed by atoms with E-state index in [9.17, 15) is 4.39 Å². The Balaban J connectivity index is 2.27. The van der Waals surface area contributed by atoms with Gasteiger partial charge >= 0.3 is 0 Å². The van der Waals surface area contributed by atoms with Gasteiger partial charge in [0.15, 0.2) is 6.10 Å². The zero-order chi connectivity index (χ0) is 5.82. The molecule has 2 nitrogen and oxygen atoms in total. The molecular formula is C5H7FO2. The van der Waals surface area contributed by atoms with Crippen LogP contribution in [0.25, 0.3) is 0 Å². The second-order valence-electron chi connectivity index (χ2n) is 1.52. The van der Waals surface area contributed by atoms with Crippen LogP contribution in [0.4, 0.5) is 4.39 Å². The van der Waals surface area contributed by atoms with Crippen LogP contribution < -0.4 is 0 Å². The molecule has 0 radical (unpaired) electrons. The van der Waals surface area contributed by atoms with Crippen LogP contribution in [0.3, 0.4) is 0 Å². The fraction of sp³-hybridized carbons (Fsp3) is 0.600. The monoisotopic (exact) mass is 118 g/mol. The lowest BCUT2D eigenvalue weighted by molar-refractivity contribution is 0.0190. The van der Waals surface area contributed by atoms with Crippen LogP contribution in [-0.4, -0.2) is 19.4 Å². The van der Waals surface area contributed by atoms with Gasteiger partial charge in [-0.1, -0.05) is 0 Å². The minimum absolute atomic E-state index is 0.326. The lowest BCUT2D eigenvalue weighted by Crippen LogP contribution is -2.21. The molecule has 0 fully saturated rings. The summed E-state index contributed by atoms with van der Waals surface area (Å²) in [6.07, 6.45) is 2.37. The van der Waals surface area contributed by atoms with Crippen LogP contribution >= 0.6 is 0 Å². The van der Waals surface area contributed by atoms with Crippen LogP contribution in [0, 0.1) is 0 Å². The molecule has 1 unspecified atom stereocenters. The number of rotatable bonds is 1. The minimum Gasteiger partial charge on any atom is -0.494 e. The molecule has 0 saturated carbocycles. The van der Waals surface area contributed by atoms with Gasteiger partial charge < -0.3 is 9.47 Å². The molecule has 0 bridgehead atoms. The molecule has 0 amide bonds. The summed E-state index contributed by atoms with van der Waals surface area (Å²) in [5.74, 6) is 0. The third-order valence-electron chi connectivity index (χ3n) is 0.877. The number of ether oxygens (including phenoxy) is 2. The van der Waals surface area contributed by atoms with Crippen LogP contribution in [0.5, 0.6) is 0 Å². The first-order valence-corrected chi connectivity index (χ1v) is 2.41. The molecule has 0 spiro atoms. The van der Waals surface area contributed by atoms with E-state index in [1.807, 2.05) is 0 Å². The summed E-state index contributed by atoms with van der Waals surface area (Å²) in [4.78, 5) is 0. The van der Waals surface area contributed by atoms with Gasteiger partial charge in [-0.25, -0.2) is 4.39 Å². The van der Waals surface area contributed by atoms with Gasteiger partial charge in [0.2, 0.25) is 0 Å². The van der Waals surface area contributed by atoms with Gasteiger partial charge in [0.1, 0.15) is 25.8 Å². The highest BCUT2D eigenvalue weighted by atomic mass is 19.1. The predicted octanol–water partition coefficient (Wildman–Crippen LogP) is 0.843. The normalized spacial score (nSPS) is 26.4. The predicted molar refractivity (Wildman–Crippen MR) is 25.9 cm³/mol. The fourth-order valence-electron chi connectivity index (χ4n) is 0.466. The largest absolute Gasteiger partial charge is 0.494 e. The second-order valence-corrected chi connectivity index (χ2v) is 1.52. The Morgan fingerprint density at radius 2 is 2.50 bits per heavy atom. The molecule has 8 heavy (non-hydrogen) atoms. The van der Waals surface area contributed by atoms with Gasteiger partial charge in [0.25, 0.3) is 0 Å². The molecule has 0 saturated heterocycles. The summed E-state index contributed by atoms with van der Waals surface area (Å²) >= 11 is 0. The van der Waals surface area contributed by atoms with Crippen molar-refractivity contribution in [1.82, 2.24) is 0 Å². The van der Waals surface area contributed by atoms with Gasteiger partial charge in [-0.05, 0) is 0 Å². The first-order valence-electron chi connectivity index (χ1n) is 2.41. The Morgan fingerprint density at radius 1 is 1.62 bits per heavy atom. The fourth-order valence-corrected chi connectivity index (χ4v) is 0.466. The number of alkyl halides is 1. The molecule has 0 N–H and O–H groups in total. The lowest BCUT2D eigenvalue weighted by Gasteiger charge is -2.15. The van der Waals surface area contributed by atoms with Crippen molar-refractivity contribution < 1.29 is 13.9 Å². The summed E-state index contributed by atoms with van der Waals surface area (Å²) in [6, 6.07) is 0. The van der Waals surface area contributed by atoms with Crippen LogP contribution in [-0.2, 0) is 9.47 Å². The Kier molecular flexibility index (Phi) is 1.72. The third-order valence-corrected chi connectivity index (χ3v) is 0.877. The minimum atomic E-state index is -0.482. The second kappa shape index (κ2) is 2.55. The van der Waals surface area contributed by atoms with Crippen molar-refractivity contribution in [3.05, 3.63) is 12.5 Å². The van der Waals surface area contributed by atoms with E-state index >= 15 is 0 Å². The summed E-state index contributed by atoms with van der Waals surface area (Å²) in [5, 5.41) is 0. The highest BCUT2D eigenvalue weighted by Crippen LogP contribution is 2.00. The topological polar surface area (TPSA) is 18.5 Å². The van der Waals surface area contributed by atoms with Gasteiger partial charge in [0, 0.05) is 0 Å². The highest BCUT2D eigenvalue weighted by Gasteiger charge is 2.09. The van der Waals surface area contributed by atoms with Crippen molar-refractivity contribution in [2.45, 2.75) is 6.10 Å². The molecule has 1 rings (SSSR count). The number of hydrogen-bond acceptors (Lipinski definition) is 2. The first-order chi connectivity index (χ1) is 3.93. The smallest absolute Gasteiger partial charge is 0.160 e. The van der Waals surface area contributed by atoms with Crippen molar-refractivity contribution in [3.63, 3.8) is 0 Å². The van der Waals surface area contributed by atoms with E-state index < -0.39 is 6.67 Å². The standard InChI is InChI=1S/C5H7FO2/c6-3-5-4-7-1-2-8-5/h1-2,5H,3-4H2. The molecule has 1 heterocycles. The van der Waals surface area contributed by atoms with E-state index in [2.05, 4.69) is 0 Å². The number of halogens is 1. The third kappa shape index (κ3) is 1.12. The average Bonchev–Trinajstić information content (AvgIpc) is 1.90. The zero-order valence-electron chi connectivity index (χ0n) is 4.34. The Hall–Kier alpha value is -0.730. The van der Waals surface area contributed by atoms with Crippen LogP contribution in [0.2, 0.25) is 0 Å². The summed E-state index contributed by atoms with van der Waals surface area (Å²) < 4.78 is 21.1.